The summed E-state index contributed by atoms with van der Waals surface area (Å²) in [5.74, 6) is 1.83. The molecule has 3 aromatic rings. The molecule has 0 spiro atoms. The lowest BCUT2D eigenvalue weighted by Gasteiger charge is -2.04. The first-order valence-electron chi connectivity index (χ1n) is 8.26. The molecule has 1 N–H and O–H groups in total. The van der Waals surface area contributed by atoms with E-state index < -0.39 is 0 Å². The number of aromatic nitrogens is 2. The van der Waals surface area contributed by atoms with E-state index in [0.717, 1.165) is 28.3 Å². The smallest absolute Gasteiger partial charge is 0.236 e. The maximum absolute atomic E-state index is 12.2. The normalized spacial score (nSPS) is 10.9. The predicted molar refractivity (Wildman–Crippen MR) is 108 cm³/mol. The Kier molecular flexibility index (Phi) is 5.78. The number of amides is 1. The Morgan fingerprint density at radius 3 is 2.77 bits per heavy atom. The topological polar surface area (TPSA) is 68.0 Å². The van der Waals surface area contributed by atoms with Crippen LogP contribution >= 0.6 is 23.1 Å². The van der Waals surface area contributed by atoms with Crippen LogP contribution in [0.5, 0.6) is 0 Å². The molecule has 2 aromatic heterocycles. The van der Waals surface area contributed by atoms with Gasteiger partial charge in [-0.25, -0.2) is 4.98 Å². The molecule has 1 aromatic carbocycles. The second kappa shape index (κ2) is 8.05. The van der Waals surface area contributed by atoms with Crippen LogP contribution in [0.1, 0.15) is 28.1 Å². The fraction of sp³-hybridized carbons (Fsp3) is 0.316. The summed E-state index contributed by atoms with van der Waals surface area (Å²) in [5.41, 5.74) is 6.35. The SMILES string of the molecule is Cc1ccc(-c2csc(NC(=O)CSCc3c(C)noc3C)n2)c(C)c1. The number of hydrogen-bond donors (Lipinski definition) is 1. The van der Waals surface area contributed by atoms with Crippen LogP contribution in [0.2, 0.25) is 0 Å². The number of rotatable bonds is 6. The fourth-order valence-electron chi connectivity index (χ4n) is 2.66. The molecule has 0 radical (unpaired) electrons. The number of anilines is 1. The summed E-state index contributed by atoms with van der Waals surface area (Å²) in [5, 5.41) is 9.41. The molecule has 5 nitrogen and oxygen atoms in total. The van der Waals surface area contributed by atoms with Gasteiger partial charge in [0.25, 0.3) is 0 Å². The third kappa shape index (κ3) is 4.34. The van der Waals surface area contributed by atoms with Crippen LogP contribution in [-0.4, -0.2) is 21.8 Å². The Balaban J connectivity index is 1.56. The van der Waals surface area contributed by atoms with Gasteiger partial charge in [0, 0.05) is 22.3 Å². The molecule has 0 aliphatic rings. The van der Waals surface area contributed by atoms with Crippen molar-refractivity contribution in [1.29, 1.82) is 0 Å². The van der Waals surface area contributed by atoms with Crippen molar-refractivity contribution in [2.45, 2.75) is 33.4 Å². The van der Waals surface area contributed by atoms with Gasteiger partial charge in [0.2, 0.25) is 5.91 Å². The van der Waals surface area contributed by atoms with E-state index in [0.29, 0.717) is 16.6 Å². The molecule has 0 unspecified atom stereocenters. The third-order valence-corrected chi connectivity index (χ3v) is 5.79. The zero-order valence-electron chi connectivity index (χ0n) is 15.3. The molecule has 0 aliphatic heterocycles. The van der Waals surface area contributed by atoms with Crippen molar-refractivity contribution in [1.82, 2.24) is 10.1 Å². The lowest BCUT2D eigenvalue weighted by Crippen LogP contribution is -2.14. The van der Waals surface area contributed by atoms with Gasteiger partial charge in [-0.1, -0.05) is 28.9 Å². The summed E-state index contributed by atoms with van der Waals surface area (Å²) in [7, 11) is 0. The highest BCUT2D eigenvalue weighted by atomic mass is 32.2. The first-order chi connectivity index (χ1) is 12.4. The van der Waals surface area contributed by atoms with Crippen LogP contribution in [0.15, 0.2) is 28.1 Å². The first-order valence-corrected chi connectivity index (χ1v) is 10.3. The van der Waals surface area contributed by atoms with Gasteiger partial charge < -0.3 is 9.84 Å². The van der Waals surface area contributed by atoms with E-state index in [1.807, 2.05) is 19.2 Å². The lowest BCUT2D eigenvalue weighted by atomic mass is 10.0. The number of carbonyl (C=O) groups excluding carboxylic acids is 1. The van der Waals surface area contributed by atoms with Crippen molar-refractivity contribution in [2.24, 2.45) is 0 Å². The molecule has 7 heteroatoms. The number of aryl methyl sites for hydroxylation is 4. The fourth-order valence-corrected chi connectivity index (χ4v) is 4.37. The molecule has 2 heterocycles. The van der Waals surface area contributed by atoms with Crippen LogP contribution in [0, 0.1) is 27.7 Å². The molecule has 26 heavy (non-hydrogen) atoms. The lowest BCUT2D eigenvalue weighted by molar-refractivity contribution is -0.113. The monoisotopic (exact) mass is 387 g/mol. The zero-order chi connectivity index (χ0) is 18.7. The van der Waals surface area contributed by atoms with Crippen LogP contribution < -0.4 is 5.32 Å². The molecule has 0 saturated heterocycles. The molecule has 0 aliphatic carbocycles. The summed E-state index contributed by atoms with van der Waals surface area (Å²) in [6.45, 7) is 7.95. The number of hydrogen-bond acceptors (Lipinski definition) is 6. The van der Waals surface area contributed by atoms with Crippen molar-refractivity contribution in [3.8, 4) is 11.3 Å². The molecule has 0 saturated carbocycles. The van der Waals surface area contributed by atoms with E-state index in [-0.39, 0.29) is 5.91 Å². The maximum atomic E-state index is 12.2. The quantitative estimate of drug-likeness (QED) is 0.651. The minimum absolute atomic E-state index is 0.0525. The summed E-state index contributed by atoms with van der Waals surface area (Å²) in [6.07, 6.45) is 0. The van der Waals surface area contributed by atoms with E-state index in [9.17, 15) is 4.79 Å². The second-order valence-corrected chi connectivity index (χ2v) is 8.04. The number of thiazole rings is 1. The highest BCUT2D eigenvalue weighted by Crippen LogP contribution is 2.28. The Morgan fingerprint density at radius 2 is 2.08 bits per heavy atom. The minimum atomic E-state index is -0.0525. The molecular formula is C19H21N3O2S2. The van der Waals surface area contributed by atoms with Crippen LogP contribution in [0.4, 0.5) is 5.13 Å². The molecule has 0 atom stereocenters. The average molecular weight is 388 g/mol. The van der Waals surface area contributed by atoms with Crippen LogP contribution in [0.3, 0.4) is 0 Å². The maximum Gasteiger partial charge on any atom is 0.236 e. The number of thioether (sulfide) groups is 1. The summed E-state index contributed by atoms with van der Waals surface area (Å²) >= 11 is 2.98. The number of nitrogens with zero attached hydrogens (tertiary/aromatic N) is 2. The minimum Gasteiger partial charge on any atom is -0.361 e. The highest BCUT2D eigenvalue weighted by Gasteiger charge is 2.12. The molecule has 0 fully saturated rings. The van der Waals surface area contributed by atoms with Crippen molar-refractivity contribution in [3.63, 3.8) is 0 Å². The summed E-state index contributed by atoms with van der Waals surface area (Å²) in [4.78, 5) is 16.7. The van der Waals surface area contributed by atoms with Gasteiger partial charge in [-0.15, -0.1) is 23.1 Å². The average Bonchev–Trinajstić information content (AvgIpc) is 3.16. The van der Waals surface area contributed by atoms with E-state index in [2.05, 4.69) is 47.5 Å². The van der Waals surface area contributed by atoms with E-state index >= 15 is 0 Å². The van der Waals surface area contributed by atoms with Crippen LogP contribution in [-0.2, 0) is 10.5 Å². The number of nitrogens with one attached hydrogen (secondary N) is 1. The van der Waals surface area contributed by atoms with Gasteiger partial charge in [0.1, 0.15) is 5.76 Å². The third-order valence-electron chi connectivity index (χ3n) is 4.07. The van der Waals surface area contributed by atoms with Gasteiger partial charge in [0.15, 0.2) is 5.13 Å². The van der Waals surface area contributed by atoms with Crippen molar-refractivity contribution in [2.75, 3.05) is 11.1 Å². The largest absolute Gasteiger partial charge is 0.361 e. The predicted octanol–water partition coefficient (Wildman–Crippen LogP) is 4.90. The Labute approximate surface area is 161 Å². The molecular weight excluding hydrogens is 366 g/mol. The Morgan fingerprint density at radius 1 is 1.27 bits per heavy atom. The van der Waals surface area contributed by atoms with E-state index in [4.69, 9.17) is 4.52 Å². The van der Waals surface area contributed by atoms with Gasteiger partial charge in [0.05, 0.1) is 17.1 Å². The molecule has 3 rings (SSSR count). The molecule has 1 amide bonds. The van der Waals surface area contributed by atoms with Crippen molar-refractivity contribution < 1.29 is 9.32 Å². The van der Waals surface area contributed by atoms with Gasteiger partial charge >= 0.3 is 0 Å². The number of benzene rings is 1. The summed E-state index contributed by atoms with van der Waals surface area (Å²) < 4.78 is 5.14. The Hall–Kier alpha value is -2.12. The zero-order valence-corrected chi connectivity index (χ0v) is 16.9. The van der Waals surface area contributed by atoms with E-state index in [1.54, 1.807) is 0 Å². The van der Waals surface area contributed by atoms with Crippen molar-refractivity contribution in [3.05, 3.63) is 51.7 Å². The number of carbonyl (C=O) groups is 1. The van der Waals surface area contributed by atoms with Crippen molar-refractivity contribution >= 4 is 34.1 Å². The van der Waals surface area contributed by atoms with Gasteiger partial charge in [-0.05, 0) is 33.3 Å². The standard InChI is InChI=1S/C19H21N3O2S2/c1-11-5-6-15(12(2)7-11)17-9-26-19(20-17)21-18(23)10-25-8-16-13(3)22-24-14(16)4/h5-7,9H,8,10H2,1-4H3,(H,20,21,23). The highest BCUT2D eigenvalue weighted by molar-refractivity contribution is 7.99. The van der Waals surface area contributed by atoms with E-state index in [1.165, 1.54) is 34.2 Å². The Bertz CT molecular complexity index is 911. The second-order valence-electron chi connectivity index (χ2n) is 6.20. The molecule has 136 valence electrons. The van der Waals surface area contributed by atoms with Gasteiger partial charge in [-0.2, -0.15) is 0 Å². The summed E-state index contributed by atoms with van der Waals surface area (Å²) in [6, 6.07) is 6.29. The molecule has 0 bridgehead atoms. The van der Waals surface area contributed by atoms with Gasteiger partial charge in [-0.3, -0.25) is 4.79 Å². The first kappa shape index (κ1) is 18.7. The van der Waals surface area contributed by atoms with Crippen LogP contribution in [0.25, 0.3) is 11.3 Å².